The first kappa shape index (κ1) is 12.0. The summed E-state index contributed by atoms with van der Waals surface area (Å²) in [6.45, 7) is 3.52. The molecule has 2 aliphatic rings. The van der Waals surface area contributed by atoms with Crippen molar-refractivity contribution in [3.8, 4) is 0 Å². The predicted octanol–water partition coefficient (Wildman–Crippen LogP) is 4.56. The molecule has 3 heteroatoms. The van der Waals surface area contributed by atoms with Crippen LogP contribution in [-0.2, 0) is 6.42 Å². The molecule has 0 amide bonds. The monoisotopic (exact) mass is 269 g/mol. The van der Waals surface area contributed by atoms with E-state index in [0.29, 0.717) is 11.5 Å². The maximum atomic E-state index is 6.14. The van der Waals surface area contributed by atoms with Crippen LogP contribution in [0.3, 0.4) is 0 Å². The maximum absolute atomic E-state index is 6.14. The highest BCUT2D eigenvalue weighted by Crippen LogP contribution is 2.48. The summed E-state index contributed by atoms with van der Waals surface area (Å²) < 4.78 is 0.959. The molecule has 0 aromatic carbocycles. The lowest BCUT2D eigenvalue weighted by atomic mass is 9.93. The molecule has 0 saturated heterocycles. The second-order valence-electron chi connectivity index (χ2n) is 5.61. The van der Waals surface area contributed by atoms with Gasteiger partial charge in [-0.05, 0) is 55.6 Å². The van der Waals surface area contributed by atoms with Crippen LogP contribution in [0, 0.1) is 5.41 Å². The van der Waals surface area contributed by atoms with Gasteiger partial charge >= 0.3 is 0 Å². The van der Waals surface area contributed by atoms with Crippen LogP contribution < -0.4 is 5.32 Å². The summed E-state index contributed by atoms with van der Waals surface area (Å²) >= 11 is 7.91. The molecule has 0 aliphatic heterocycles. The molecule has 1 aromatic rings. The summed E-state index contributed by atoms with van der Waals surface area (Å²) in [5, 5.41) is 3.79. The standard InChI is InChI=1S/C14H20ClNS/c1-2-14(6-7-14)9-16-11-4-3-5-12-10(11)8-13(15)17-12/h8,11,16H,2-7,9H2,1H3. The van der Waals surface area contributed by atoms with Crippen LogP contribution in [0.4, 0.5) is 0 Å². The number of aryl methyl sites for hydroxylation is 1. The van der Waals surface area contributed by atoms with Crippen molar-refractivity contribution in [2.75, 3.05) is 6.54 Å². The third kappa shape index (κ3) is 2.40. The van der Waals surface area contributed by atoms with Crippen molar-refractivity contribution in [1.29, 1.82) is 0 Å². The Morgan fingerprint density at radius 2 is 2.35 bits per heavy atom. The molecule has 94 valence electrons. The molecule has 1 atom stereocenters. The molecule has 0 radical (unpaired) electrons. The van der Waals surface area contributed by atoms with Gasteiger partial charge in [0, 0.05) is 17.5 Å². The van der Waals surface area contributed by atoms with E-state index in [1.807, 2.05) is 0 Å². The van der Waals surface area contributed by atoms with Crippen molar-refractivity contribution in [3.05, 3.63) is 20.8 Å². The zero-order valence-corrected chi connectivity index (χ0v) is 12.0. The number of hydrogen-bond donors (Lipinski definition) is 1. The number of rotatable bonds is 4. The van der Waals surface area contributed by atoms with Crippen LogP contribution in [0.25, 0.3) is 0 Å². The molecule has 1 nitrogen and oxygen atoms in total. The SMILES string of the molecule is CCC1(CNC2CCCc3sc(Cl)cc32)CC1. The molecule has 1 N–H and O–H groups in total. The normalized spacial score (nSPS) is 25.6. The molecule has 3 rings (SSSR count). The highest BCUT2D eigenvalue weighted by atomic mass is 35.5. The quantitative estimate of drug-likeness (QED) is 0.845. The van der Waals surface area contributed by atoms with Crippen molar-refractivity contribution in [3.63, 3.8) is 0 Å². The first-order chi connectivity index (χ1) is 8.22. The van der Waals surface area contributed by atoms with E-state index in [0.717, 1.165) is 4.34 Å². The van der Waals surface area contributed by atoms with Gasteiger partial charge < -0.3 is 5.32 Å². The Morgan fingerprint density at radius 1 is 1.53 bits per heavy atom. The van der Waals surface area contributed by atoms with Gasteiger partial charge in [0.05, 0.1) is 4.34 Å². The first-order valence-corrected chi connectivity index (χ1v) is 7.93. The number of thiophene rings is 1. The van der Waals surface area contributed by atoms with E-state index in [9.17, 15) is 0 Å². The van der Waals surface area contributed by atoms with Crippen molar-refractivity contribution in [2.24, 2.45) is 5.41 Å². The Hall–Kier alpha value is -0.0500. The van der Waals surface area contributed by atoms with E-state index in [1.54, 1.807) is 11.3 Å². The van der Waals surface area contributed by atoms with Crippen molar-refractivity contribution in [2.45, 2.75) is 51.5 Å². The van der Waals surface area contributed by atoms with Gasteiger partial charge in [-0.25, -0.2) is 0 Å². The highest BCUT2D eigenvalue weighted by Gasteiger charge is 2.40. The Bertz CT molecular complexity index is 408. The number of nitrogens with one attached hydrogen (secondary N) is 1. The molecule has 17 heavy (non-hydrogen) atoms. The van der Waals surface area contributed by atoms with Crippen LogP contribution in [0.1, 0.15) is 55.5 Å². The fraction of sp³-hybridized carbons (Fsp3) is 0.714. The zero-order chi connectivity index (χ0) is 11.9. The molecule has 2 aliphatic carbocycles. The van der Waals surface area contributed by atoms with E-state index in [1.165, 1.54) is 55.5 Å². The van der Waals surface area contributed by atoms with Gasteiger partial charge in [0.1, 0.15) is 0 Å². The Balaban J connectivity index is 1.68. The molecular weight excluding hydrogens is 250 g/mol. The summed E-state index contributed by atoms with van der Waals surface area (Å²) in [5.74, 6) is 0. The van der Waals surface area contributed by atoms with E-state index in [-0.39, 0.29) is 0 Å². The van der Waals surface area contributed by atoms with Crippen LogP contribution in [0.2, 0.25) is 4.34 Å². The van der Waals surface area contributed by atoms with Crippen LogP contribution >= 0.6 is 22.9 Å². The molecule has 0 spiro atoms. The number of halogens is 1. The molecule has 1 unspecified atom stereocenters. The minimum Gasteiger partial charge on any atom is -0.309 e. The van der Waals surface area contributed by atoms with Crippen LogP contribution in [0.5, 0.6) is 0 Å². The minimum atomic E-state index is 0.562. The lowest BCUT2D eigenvalue weighted by molar-refractivity contribution is 0.380. The van der Waals surface area contributed by atoms with Crippen molar-refractivity contribution < 1.29 is 0 Å². The lowest BCUT2D eigenvalue weighted by Crippen LogP contribution is -2.29. The molecule has 1 saturated carbocycles. The summed E-state index contributed by atoms with van der Waals surface area (Å²) in [5.41, 5.74) is 2.12. The van der Waals surface area contributed by atoms with Crippen molar-refractivity contribution in [1.82, 2.24) is 5.32 Å². The van der Waals surface area contributed by atoms with E-state index in [4.69, 9.17) is 11.6 Å². The molecule has 1 aromatic heterocycles. The van der Waals surface area contributed by atoms with Crippen LogP contribution in [-0.4, -0.2) is 6.54 Å². The van der Waals surface area contributed by atoms with Gasteiger partial charge in [-0.1, -0.05) is 18.5 Å². The van der Waals surface area contributed by atoms with Gasteiger partial charge in [0.15, 0.2) is 0 Å². The zero-order valence-electron chi connectivity index (χ0n) is 10.4. The summed E-state index contributed by atoms with van der Waals surface area (Å²) in [6, 6.07) is 2.75. The Labute approximate surface area is 113 Å². The number of hydrogen-bond acceptors (Lipinski definition) is 2. The average Bonchev–Trinajstić information content (AvgIpc) is 3.01. The topological polar surface area (TPSA) is 12.0 Å². The largest absolute Gasteiger partial charge is 0.309 e. The molecule has 0 bridgehead atoms. The Morgan fingerprint density at radius 3 is 3.06 bits per heavy atom. The molecule has 1 fully saturated rings. The van der Waals surface area contributed by atoms with Gasteiger partial charge in [0.25, 0.3) is 0 Å². The summed E-state index contributed by atoms with van der Waals surface area (Å²) in [6.07, 6.45) is 7.97. The number of fused-ring (bicyclic) bond motifs is 1. The minimum absolute atomic E-state index is 0.562. The average molecular weight is 270 g/mol. The van der Waals surface area contributed by atoms with Gasteiger partial charge in [-0.15, -0.1) is 11.3 Å². The fourth-order valence-electron chi connectivity index (χ4n) is 2.91. The predicted molar refractivity (Wildman–Crippen MR) is 75.0 cm³/mol. The third-order valence-corrected chi connectivity index (χ3v) is 5.85. The second kappa shape index (κ2) is 4.56. The van der Waals surface area contributed by atoms with Crippen molar-refractivity contribution >= 4 is 22.9 Å². The third-order valence-electron chi connectivity index (χ3n) is 4.51. The van der Waals surface area contributed by atoms with E-state index in [2.05, 4.69) is 18.3 Å². The lowest BCUT2D eigenvalue weighted by Gasteiger charge is -2.26. The smallest absolute Gasteiger partial charge is 0.0934 e. The van der Waals surface area contributed by atoms with Gasteiger partial charge in [-0.3, -0.25) is 0 Å². The second-order valence-corrected chi connectivity index (χ2v) is 7.38. The summed E-state index contributed by atoms with van der Waals surface area (Å²) in [4.78, 5) is 1.51. The van der Waals surface area contributed by atoms with Gasteiger partial charge in [-0.2, -0.15) is 0 Å². The highest BCUT2D eigenvalue weighted by molar-refractivity contribution is 7.16. The maximum Gasteiger partial charge on any atom is 0.0934 e. The van der Waals surface area contributed by atoms with E-state index < -0.39 is 0 Å². The fourth-order valence-corrected chi connectivity index (χ4v) is 4.29. The Kier molecular flexibility index (Phi) is 3.22. The first-order valence-electron chi connectivity index (χ1n) is 6.74. The summed E-state index contributed by atoms with van der Waals surface area (Å²) in [7, 11) is 0. The van der Waals surface area contributed by atoms with E-state index >= 15 is 0 Å². The molecule has 1 heterocycles. The van der Waals surface area contributed by atoms with Crippen LogP contribution in [0.15, 0.2) is 6.07 Å². The molecular formula is C14H20ClNS. The van der Waals surface area contributed by atoms with Gasteiger partial charge in [0.2, 0.25) is 0 Å².